The predicted molar refractivity (Wildman–Crippen MR) is 113 cm³/mol. The third-order valence-electron chi connectivity index (χ3n) is 4.42. The van der Waals surface area contributed by atoms with Gasteiger partial charge in [-0.1, -0.05) is 57.8 Å². The molecule has 0 fully saturated rings. The lowest BCUT2D eigenvalue weighted by atomic mass is 9.92. The Morgan fingerprint density at radius 3 is 2.50 bits per heavy atom. The second kappa shape index (κ2) is 9.24. The monoisotopic (exact) mass is 404 g/mol. The highest BCUT2D eigenvalue weighted by atomic mass is 35.5. The molecule has 0 aliphatic heterocycles. The second-order valence-electron chi connectivity index (χ2n) is 7.90. The number of nitrogens with zero attached hydrogens (tertiary/aromatic N) is 3. The van der Waals surface area contributed by atoms with Crippen molar-refractivity contribution in [1.82, 2.24) is 14.7 Å². The summed E-state index contributed by atoms with van der Waals surface area (Å²) in [6.45, 7) is 8.69. The highest BCUT2D eigenvalue weighted by Crippen LogP contribution is 2.23. The number of benzene rings is 1. The molecule has 0 bridgehead atoms. The Balaban J connectivity index is 2.14. The molecule has 0 atom stereocenters. The quantitative estimate of drug-likeness (QED) is 0.749. The first-order valence-corrected chi connectivity index (χ1v) is 9.89. The van der Waals surface area contributed by atoms with E-state index in [1.54, 1.807) is 40.9 Å². The maximum atomic E-state index is 12.9. The topological polar surface area (TPSA) is 67.2 Å². The number of amides is 2. The van der Waals surface area contributed by atoms with Gasteiger partial charge in [0.1, 0.15) is 12.4 Å². The molecule has 0 spiro atoms. The van der Waals surface area contributed by atoms with Gasteiger partial charge in [-0.05, 0) is 18.6 Å². The molecule has 152 valence electrons. The standard InChI is InChI=1S/C21H29ClN4O2/c1-6-7-12-26(20(28)15-10-8-9-11-16(15)22)14-19(27)23-18-13-17(21(2,3)4)24-25(18)5/h8-11,13H,6-7,12,14H2,1-5H3,(H,23,27). The molecule has 1 N–H and O–H groups in total. The van der Waals surface area contributed by atoms with Gasteiger partial charge in [0.25, 0.3) is 5.91 Å². The molecule has 2 rings (SSSR count). The molecule has 0 saturated heterocycles. The molecule has 1 aromatic carbocycles. The number of carbonyl (C=O) groups is 2. The Bertz CT molecular complexity index is 839. The van der Waals surface area contributed by atoms with E-state index in [0.29, 0.717) is 22.9 Å². The van der Waals surface area contributed by atoms with Crippen LogP contribution in [0, 0.1) is 0 Å². The Labute approximate surface area is 171 Å². The van der Waals surface area contributed by atoms with Crippen molar-refractivity contribution in [2.75, 3.05) is 18.4 Å². The summed E-state index contributed by atoms with van der Waals surface area (Å²) in [6.07, 6.45) is 1.73. The van der Waals surface area contributed by atoms with Crippen LogP contribution in [0.2, 0.25) is 5.02 Å². The SMILES string of the molecule is CCCCN(CC(=O)Nc1cc(C(C)(C)C)nn1C)C(=O)c1ccccc1Cl. The molecule has 1 aromatic heterocycles. The summed E-state index contributed by atoms with van der Waals surface area (Å²) in [5.74, 6) is 0.102. The molecule has 7 heteroatoms. The Morgan fingerprint density at radius 1 is 1.25 bits per heavy atom. The van der Waals surface area contributed by atoms with Crippen LogP contribution in [0.4, 0.5) is 5.82 Å². The minimum atomic E-state index is -0.264. The molecule has 0 unspecified atom stereocenters. The molecule has 0 radical (unpaired) electrons. The van der Waals surface area contributed by atoms with Crippen molar-refractivity contribution in [3.8, 4) is 0 Å². The average Bonchev–Trinajstić information content (AvgIpc) is 2.99. The van der Waals surface area contributed by atoms with Gasteiger partial charge in [-0.25, -0.2) is 0 Å². The van der Waals surface area contributed by atoms with E-state index < -0.39 is 0 Å². The molecule has 28 heavy (non-hydrogen) atoms. The summed E-state index contributed by atoms with van der Waals surface area (Å²) < 4.78 is 1.64. The van der Waals surface area contributed by atoms with Crippen LogP contribution >= 0.6 is 11.6 Å². The maximum absolute atomic E-state index is 12.9. The van der Waals surface area contributed by atoms with E-state index in [2.05, 4.69) is 31.2 Å². The normalized spacial score (nSPS) is 11.4. The molecular weight excluding hydrogens is 376 g/mol. The van der Waals surface area contributed by atoms with E-state index in [-0.39, 0.29) is 23.8 Å². The number of hydrogen-bond donors (Lipinski definition) is 1. The van der Waals surface area contributed by atoms with Crippen molar-refractivity contribution < 1.29 is 9.59 Å². The largest absolute Gasteiger partial charge is 0.329 e. The molecule has 2 amide bonds. The van der Waals surface area contributed by atoms with Crippen LogP contribution in [-0.2, 0) is 17.3 Å². The summed E-state index contributed by atoms with van der Waals surface area (Å²) >= 11 is 6.17. The van der Waals surface area contributed by atoms with E-state index in [9.17, 15) is 9.59 Å². The van der Waals surface area contributed by atoms with Gasteiger partial charge in [0, 0.05) is 25.1 Å². The summed E-state index contributed by atoms with van der Waals surface area (Å²) in [4.78, 5) is 27.1. The van der Waals surface area contributed by atoms with Crippen molar-refractivity contribution >= 4 is 29.2 Å². The number of unbranched alkanes of at least 4 members (excludes halogenated alkanes) is 1. The number of halogens is 1. The van der Waals surface area contributed by atoms with Crippen molar-refractivity contribution in [2.45, 2.75) is 46.0 Å². The molecular formula is C21H29ClN4O2. The first kappa shape index (κ1) is 22.0. The van der Waals surface area contributed by atoms with Crippen molar-refractivity contribution in [2.24, 2.45) is 7.05 Å². The van der Waals surface area contributed by atoms with Crippen molar-refractivity contribution in [3.63, 3.8) is 0 Å². The highest BCUT2D eigenvalue weighted by molar-refractivity contribution is 6.33. The number of anilines is 1. The van der Waals surface area contributed by atoms with Gasteiger partial charge < -0.3 is 10.2 Å². The third-order valence-corrected chi connectivity index (χ3v) is 4.75. The zero-order valence-electron chi connectivity index (χ0n) is 17.3. The number of nitrogens with one attached hydrogen (secondary N) is 1. The molecule has 6 nitrogen and oxygen atoms in total. The van der Waals surface area contributed by atoms with Gasteiger partial charge in [0.05, 0.1) is 16.3 Å². The van der Waals surface area contributed by atoms with Gasteiger partial charge in [-0.15, -0.1) is 0 Å². The maximum Gasteiger partial charge on any atom is 0.255 e. The van der Waals surface area contributed by atoms with Gasteiger partial charge in [-0.2, -0.15) is 5.10 Å². The second-order valence-corrected chi connectivity index (χ2v) is 8.30. The van der Waals surface area contributed by atoms with Gasteiger partial charge >= 0.3 is 0 Å². The Hall–Kier alpha value is -2.34. The molecule has 1 heterocycles. The van der Waals surface area contributed by atoms with Crippen LogP contribution in [0.3, 0.4) is 0 Å². The number of aromatic nitrogens is 2. The predicted octanol–water partition coefficient (Wildman–Crippen LogP) is 4.25. The van der Waals surface area contributed by atoms with E-state index >= 15 is 0 Å². The number of hydrogen-bond acceptors (Lipinski definition) is 3. The van der Waals surface area contributed by atoms with Crippen molar-refractivity contribution in [3.05, 3.63) is 46.6 Å². The van der Waals surface area contributed by atoms with Crippen molar-refractivity contribution in [1.29, 1.82) is 0 Å². The van der Waals surface area contributed by atoms with Crippen LogP contribution in [-0.4, -0.2) is 39.6 Å². The lowest BCUT2D eigenvalue weighted by Crippen LogP contribution is -2.39. The van der Waals surface area contributed by atoms with Gasteiger partial charge in [0.15, 0.2) is 0 Å². The van der Waals surface area contributed by atoms with E-state index in [4.69, 9.17) is 11.6 Å². The van der Waals surface area contributed by atoms with Crippen LogP contribution in [0.25, 0.3) is 0 Å². The summed E-state index contributed by atoms with van der Waals surface area (Å²) in [7, 11) is 1.79. The first-order chi connectivity index (χ1) is 13.1. The smallest absolute Gasteiger partial charge is 0.255 e. The zero-order chi connectivity index (χ0) is 20.9. The number of rotatable bonds is 7. The molecule has 0 aliphatic carbocycles. The Kier molecular flexibility index (Phi) is 7.24. The van der Waals surface area contributed by atoms with Crippen LogP contribution < -0.4 is 5.32 Å². The Morgan fingerprint density at radius 2 is 1.93 bits per heavy atom. The molecule has 2 aromatic rings. The third kappa shape index (κ3) is 5.58. The van der Waals surface area contributed by atoms with Crippen LogP contribution in [0.1, 0.15) is 56.6 Å². The fourth-order valence-electron chi connectivity index (χ4n) is 2.71. The summed E-state index contributed by atoms with van der Waals surface area (Å²) in [6, 6.07) is 8.76. The minimum Gasteiger partial charge on any atom is -0.329 e. The highest BCUT2D eigenvalue weighted by Gasteiger charge is 2.23. The first-order valence-electron chi connectivity index (χ1n) is 9.51. The van der Waals surface area contributed by atoms with Crippen LogP contribution in [0.15, 0.2) is 30.3 Å². The average molecular weight is 405 g/mol. The number of carbonyl (C=O) groups excluding carboxylic acids is 2. The molecule has 0 aliphatic rings. The minimum absolute atomic E-state index is 0.0416. The lowest BCUT2D eigenvalue weighted by Gasteiger charge is -2.22. The summed E-state index contributed by atoms with van der Waals surface area (Å²) in [5, 5.41) is 7.71. The van der Waals surface area contributed by atoms with E-state index in [1.165, 1.54) is 0 Å². The fourth-order valence-corrected chi connectivity index (χ4v) is 2.93. The zero-order valence-corrected chi connectivity index (χ0v) is 18.0. The van der Waals surface area contributed by atoms with E-state index in [1.807, 2.05) is 13.0 Å². The van der Waals surface area contributed by atoms with Crippen LogP contribution in [0.5, 0.6) is 0 Å². The number of aryl methyl sites for hydroxylation is 1. The fraction of sp³-hybridized carbons (Fsp3) is 0.476. The van der Waals surface area contributed by atoms with E-state index in [0.717, 1.165) is 18.5 Å². The lowest BCUT2D eigenvalue weighted by molar-refractivity contribution is -0.117. The van der Waals surface area contributed by atoms with Gasteiger partial charge in [-0.3, -0.25) is 14.3 Å². The van der Waals surface area contributed by atoms with Gasteiger partial charge in [0.2, 0.25) is 5.91 Å². The molecule has 0 saturated carbocycles. The summed E-state index contributed by atoms with van der Waals surface area (Å²) in [5.41, 5.74) is 1.18.